The fourth-order valence-electron chi connectivity index (χ4n) is 1.85. The second kappa shape index (κ2) is 5.97. The Morgan fingerprint density at radius 3 is 2.85 bits per heavy atom. The predicted octanol–water partition coefficient (Wildman–Crippen LogP) is 1.39. The van der Waals surface area contributed by atoms with Crippen molar-refractivity contribution < 1.29 is 9.59 Å². The van der Waals surface area contributed by atoms with Gasteiger partial charge in [0.25, 0.3) is 5.91 Å². The molecular formula is C15H15N3O2. The van der Waals surface area contributed by atoms with Crippen LogP contribution in [0.1, 0.15) is 16.8 Å². The van der Waals surface area contributed by atoms with Gasteiger partial charge < -0.3 is 11.1 Å². The van der Waals surface area contributed by atoms with Gasteiger partial charge in [-0.05, 0) is 18.6 Å². The summed E-state index contributed by atoms with van der Waals surface area (Å²) in [4.78, 5) is 27.5. The van der Waals surface area contributed by atoms with E-state index in [0.717, 1.165) is 10.9 Å². The highest BCUT2D eigenvalue weighted by Crippen LogP contribution is 2.12. The Kier molecular flexibility index (Phi) is 4.10. The average molecular weight is 269 g/mol. The molecule has 20 heavy (non-hydrogen) atoms. The molecule has 0 spiro atoms. The number of primary amides is 1. The van der Waals surface area contributed by atoms with Crippen molar-refractivity contribution >= 4 is 22.7 Å². The maximum atomic E-state index is 12.1. The Hall–Kier alpha value is -2.69. The van der Waals surface area contributed by atoms with Crippen molar-refractivity contribution in [3.63, 3.8) is 0 Å². The van der Waals surface area contributed by atoms with Crippen molar-refractivity contribution in [2.24, 2.45) is 5.73 Å². The van der Waals surface area contributed by atoms with E-state index in [1.165, 1.54) is 12.3 Å². The lowest BCUT2D eigenvalue weighted by Crippen LogP contribution is -2.44. The summed E-state index contributed by atoms with van der Waals surface area (Å²) in [5, 5.41) is 3.43. The van der Waals surface area contributed by atoms with E-state index >= 15 is 0 Å². The molecule has 3 N–H and O–H groups in total. The van der Waals surface area contributed by atoms with E-state index in [1.54, 1.807) is 6.07 Å². The number of benzene rings is 1. The minimum absolute atomic E-state index is 0.294. The van der Waals surface area contributed by atoms with Gasteiger partial charge in [0, 0.05) is 11.6 Å². The van der Waals surface area contributed by atoms with E-state index in [9.17, 15) is 9.59 Å². The van der Waals surface area contributed by atoms with Gasteiger partial charge in [0.05, 0.1) is 11.1 Å². The lowest BCUT2D eigenvalue weighted by molar-refractivity contribution is -0.119. The van der Waals surface area contributed by atoms with Crippen LogP contribution >= 0.6 is 0 Å². The van der Waals surface area contributed by atoms with Gasteiger partial charge in [0.2, 0.25) is 5.91 Å². The Balaban J connectivity index is 2.22. The van der Waals surface area contributed by atoms with E-state index in [-0.39, 0.29) is 5.91 Å². The summed E-state index contributed by atoms with van der Waals surface area (Å²) in [6.07, 6.45) is 3.31. The van der Waals surface area contributed by atoms with Gasteiger partial charge in [-0.2, -0.15) is 0 Å². The first kappa shape index (κ1) is 13.7. The van der Waals surface area contributed by atoms with Crippen molar-refractivity contribution in [1.82, 2.24) is 10.3 Å². The molecule has 5 heteroatoms. The highest BCUT2D eigenvalue weighted by Gasteiger charge is 2.17. The second-order valence-corrected chi connectivity index (χ2v) is 4.37. The van der Waals surface area contributed by atoms with Crippen LogP contribution in [0, 0.1) is 0 Å². The van der Waals surface area contributed by atoms with Gasteiger partial charge in [-0.25, -0.2) is 0 Å². The molecule has 0 bridgehead atoms. The number of nitrogens with one attached hydrogen (secondary N) is 1. The van der Waals surface area contributed by atoms with Gasteiger partial charge in [-0.3, -0.25) is 14.6 Å². The molecular weight excluding hydrogens is 254 g/mol. The number of nitrogens with two attached hydrogens (primary N) is 1. The third-order valence-corrected chi connectivity index (χ3v) is 2.90. The van der Waals surface area contributed by atoms with E-state index in [1.807, 2.05) is 24.3 Å². The zero-order valence-corrected chi connectivity index (χ0v) is 10.9. The smallest absolute Gasteiger partial charge is 0.253 e. The summed E-state index contributed by atoms with van der Waals surface area (Å²) >= 11 is 0. The highest BCUT2D eigenvalue weighted by molar-refractivity contribution is 5.99. The molecule has 0 saturated carbocycles. The molecule has 0 aliphatic heterocycles. The number of fused-ring (bicyclic) bond motifs is 1. The number of hydrogen-bond donors (Lipinski definition) is 2. The quantitative estimate of drug-likeness (QED) is 0.804. The summed E-state index contributed by atoms with van der Waals surface area (Å²) in [5.74, 6) is -0.971. The number of pyridine rings is 1. The molecule has 0 aliphatic rings. The van der Waals surface area contributed by atoms with Crippen molar-refractivity contribution in [2.45, 2.75) is 12.5 Å². The van der Waals surface area contributed by atoms with Gasteiger partial charge >= 0.3 is 0 Å². The highest BCUT2D eigenvalue weighted by atomic mass is 16.2. The molecule has 1 atom stereocenters. The monoisotopic (exact) mass is 269 g/mol. The van der Waals surface area contributed by atoms with Gasteiger partial charge in [-0.1, -0.05) is 24.3 Å². The van der Waals surface area contributed by atoms with Crippen LogP contribution in [0.2, 0.25) is 0 Å². The van der Waals surface area contributed by atoms with E-state index in [0.29, 0.717) is 12.0 Å². The molecule has 0 fully saturated rings. The average Bonchev–Trinajstić information content (AvgIpc) is 2.46. The number of nitrogens with zero attached hydrogens (tertiary/aromatic N) is 1. The van der Waals surface area contributed by atoms with E-state index in [2.05, 4.69) is 16.9 Å². The molecule has 0 unspecified atom stereocenters. The maximum Gasteiger partial charge on any atom is 0.253 e. The fraction of sp³-hybridized carbons (Fsp3) is 0.133. The molecule has 0 radical (unpaired) electrons. The summed E-state index contributed by atoms with van der Waals surface area (Å²) < 4.78 is 0. The molecule has 2 rings (SSSR count). The Bertz CT molecular complexity index is 667. The van der Waals surface area contributed by atoms with Crippen molar-refractivity contribution in [1.29, 1.82) is 0 Å². The zero-order valence-electron chi connectivity index (χ0n) is 10.9. The Morgan fingerprint density at radius 2 is 2.15 bits per heavy atom. The number of para-hydroxylation sites is 1. The molecule has 2 aromatic rings. The summed E-state index contributed by atoms with van der Waals surface area (Å²) in [6, 6.07) is 8.45. The molecule has 2 amide bonds. The van der Waals surface area contributed by atoms with Crippen LogP contribution in [0.3, 0.4) is 0 Å². The lowest BCUT2D eigenvalue weighted by atomic mass is 10.1. The minimum atomic E-state index is -0.758. The van der Waals surface area contributed by atoms with Crippen LogP contribution in [-0.2, 0) is 4.79 Å². The van der Waals surface area contributed by atoms with Crippen molar-refractivity contribution in [2.75, 3.05) is 0 Å². The van der Waals surface area contributed by atoms with Crippen molar-refractivity contribution in [3.8, 4) is 0 Å². The van der Waals surface area contributed by atoms with Crippen LogP contribution in [0.25, 0.3) is 10.9 Å². The summed E-state index contributed by atoms with van der Waals surface area (Å²) in [6.45, 7) is 3.53. The minimum Gasteiger partial charge on any atom is -0.368 e. The Labute approximate surface area is 116 Å². The first-order chi connectivity index (χ1) is 9.61. The molecule has 0 aliphatic carbocycles. The predicted molar refractivity (Wildman–Crippen MR) is 77.0 cm³/mol. The van der Waals surface area contributed by atoms with Crippen LogP contribution in [0.15, 0.2) is 49.2 Å². The largest absolute Gasteiger partial charge is 0.368 e. The third-order valence-electron chi connectivity index (χ3n) is 2.90. The van der Waals surface area contributed by atoms with Gasteiger partial charge in [-0.15, -0.1) is 6.58 Å². The maximum absolute atomic E-state index is 12.1. The number of rotatable bonds is 5. The lowest BCUT2D eigenvalue weighted by Gasteiger charge is -2.13. The van der Waals surface area contributed by atoms with Crippen LogP contribution in [-0.4, -0.2) is 22.8 Å². The number of carbonyl (C=O) groups is 2. The van der Waals surface area contributed by atoms with Crippen LogP contribution in [0.5, 0.6) is 0 Å². The molecule has 102 valence electrons. The second-order valence-electron chi connectivity index (χ2n) is 4.37. The molecule has 1 aromatic carbocycles. The van der Waals surface area contributed by atoms with Crippen molar-refractivity contribution in [3.05, 3.63) is 54.7 Å². The standard InChI is InChI=1S/C15H15N3O2/c1-2-5-13(14(16)19)18-15(20)11-8-10-6-3-4-7-12(10)17-9-11/h2-4,6-9,13H,1,5H2,(H2,16,19)(H,18,20)/t13-/m0/s1. The topological polar surface area (TPSA) is 85.1 Å². The van der Waals surface area contributed by atoms with Crippen LogP contribution < -0.4 is 11.1 Å². The zero-order chi connectivity index (χ0) is 14.5. The van der Waals surface area contributed by atoms with Crippen LogP contribution in [0.4, 0.5) is 0 Å². The summed E-state index contributed by atoms with van der Waals surface area (Å²) in [7, 11) is 0. The molecule has 0 saturated heterocycles. The summed E-state index contributed by atoms with van der Waals surface area (Å²) in [5.41, 5.74) is 6.42. The third kappa shape index (κ3) is 3.00. The van der Waals surface area contributed by atoms with Gasteiger partial charge in [0.1, 0.15) is 6.04 Å². The molecule has 1 aromatic heterocycles. The number of aromatic nitrogens is 1. The SMILES string of the molecule is C=CC[C@H](NC(=O)c1cnc2ccccc2c1)C(N)=O. The first-order valence-electron chi connectivity index (χ1n) is 6.17. The number of amides is 2. The normalized spacial score (nSPS) is 11.8. The molecule has 5 nitrogen and oxygen atoms in total. The molecule has 1 heterocycles. The van der Waals surface area contributed by atoms with E-state index in [4.69, 9.17) is 5.73 Å². The van der Waals surface area contributed by atoms with E-state index < -0.39 is 11.9 Å². The number of carbonyl (C=O) groups excluding carboxylic acids is 2. The fourth-order valence-corrected chi connectivity index (χ4v) is 1.85. The Morgan fingerprint density at radius 1 is 1.40 bits per heavy atom. The number of hydrogen-bond acceptors (Lipinski definition) is 3. The van der Waals surface area contributed by atoms with Gasteiger partial charge in [0.15, 0.2) is 0 Å². The first-order valence-corrected chi connectivity index (χ1v) is 6.17.